The maximum atomic E-state index is 13.2. The fraction of sp³-hybridized carbons (Fsp3) is 0.545. The highest BCUT2D eigenvalue weighted by Gasteiger charge is 2.52. The molecule has 3 unspecified atom stereocenters. The van der Waals surface area contributed by atoms with Gasteiger partial charge in [0.1, 0.15) is 6.04 Å². The summed E-state index contributed by atoms with van der Waals surface area (Å²) in [7, 11) is 0. The van der Waals surface area contributed by atoms with Gasteiger partial charge in [0.15, 0.2) is 0 Å². The summed E-state index contributed by atoms with van der Waals surface area (Å²) in [6.07, 6.45) is 3.75. The number of hydrogen-bond donors (Lipinski definition) is 2. The first-order valence-corrected chi connectivity index (χ1v) is 10.7. The van der Waals surface area contributed by atoms with E-state index in [1.807, 2.05) is 6.07 Å². The lowest BCUT2D eigenvalue weighted by molar-refractivity contribution is -0.136. The van der Waals surface area contributed by atoms with Crippen molar-refractivity contribution < 1.29 is 19.2 Å². The molecule has 0 aromatic heterocycles. The topological polar surface area (TPSA) is 113 Å². The molecular formula is C22H26N4O4. The zero-order valence-corrected chi connectivity index (χ0v) is 16.9. The molecule has 4 amide bonds. The SMILES string of the molecule is NCCC12CCC1CN(Cc1cccc3c1C(=O)N(C1CCC(=O)NC1=O)C3=O)C2. The highest BCUT2D eigenvalue weighted by Crippen LogP contribution is 2.54. The number of carbonyl (C=O) groups excluding carboxylic acids is 4. The van der Waals surface area contributed by atoms with Crippen molar-refractivity contribution in [2.24, 2.45) is 17.1 Å². The van der Waals surface area contributed by atoms with Crippen LogP contribution < -0.4 is 11.1 Å². The van der Waals surface area contributed by atoms with Gasteiger partial charge in [-0.3, -0.25) is 34.3 Å². The Bertz CT molecular complexity index is 960. The normalized spacial score (nSPS) is 30.9. The Morgan fingerprint density at radius 1 is 1.13 bits per heavy atom. The van der Waals surface area contributed by atoms with Crippen LogP contribution in [0.2, 0.25) is 0 Å². The molecule has 3 heterocycles. The standard InChI is InChI=1S/C22H26N4O4/c23-9-8-22-7-6-14(22)11-25(12-22)10-13-2-1-3-15-18(13)21(30)26(20(15)29)16-4-5-17(27)24-19(16)28/h1-3,14,16H,4-12,23H2,(H,24,27,28). The fourth-order valence-corrected chi connectivity index (χ4v) is 5.85. The van der Waals surface area contributed by atoms with Gasteiger partial charge in [-0.25, -0.2) is 0 Å². The Balaban J connectivity index is 1.39. The summed E-state index contributed by atoms with van der Waals surface area (Å²) >= 11 is 0. The van der Waals surface area contributed by atoms with Crippen LogP contribution >= 0.6 is 0 Å². The predicted molar refractivity (Wildman–Crippen MR) is 107 cm³/mol. The second-order valence-electron chi connectivity index (χ2n) is 9.09. The van der Waals surface area contributed by atoms with Crippen LogP contribution in [0.3, 0.4) is 0 Å². The van der Waals surface area contributed by atoms with Crippen molar-refractivity contribution in [2.45, 2.75) is 44.7 Å². The molecule has 1 aromatic carbocycles. The number of imide groups is 2. The molecule has 158 valence electrons. The molecule has 3 N–H and O–H groups in total. The van der Waals surface area contributed by atoms with Crippen molar-refractivity contribution in [1.29, 1.82) is 0 Å². The molecule has 1 aromatic rings. The molecule has 0 spiro atoms. The average Bonchev–Trinajstić information content (AvgIpc) is 3.09. The Morgan fingerprint density at radius 3 is 2.67 bits per heavy atom. The molecule has 1 saturated carbocycles. The van der Waals surface area contributed by atoms with Gasteiger partial charge in [0, 0.05) is 26.1 Å². The van der Waals surface area contributed by atoms with E-state index in [1.165, 1.54) is 12.8 Å². The average molecular weight is 410 g/mol. The van der Waals surface area contributed by atoms with Crippen LogP contribution in [0.15, 0.2) is 18.2 Å². The zero-order valence-electron chi connectivity index (χ0n) is 16.9. The molecule has 5 rings (SSSR count). The zero-order chi connectivity index (χ0) is 21.0. The molecule has 8 nitrogen and oxygen atoms in total. The summed E-state index contributed by atoms with van der Waals surface area (Å²) in [5.41, 5.74) is 7.73. The van der Waals surface area contributed by atoms with Crippen molar-refractivity contribution in [3.8, 4) is 0 Å². The maximum Gasteiger partial charge on any atom is 0.262 e. The van der Waals surface area contributed by atoms with Crippen molar-refractivity contribution in [1.82, 2.24) is 15.1 Å². The van der Waals surface area contributed by atoms with E-state index in [2.05, 4.69) is 10.2 Å². The van der Waals surface area contributed by atoms with Crippen LogP contribution in [0.1, 0.15) is 58.4 Å². The largest absolute Gasteiger partial charge is 0.330 e. The molecule has 3 aliphatic heterocycles. The summed E-state index contributed by atoms with van der Waals surface area (Å²) in [5.74, 6) is -1.17. The van der Waals surface area contributed by atoms with Crippen molar-refractivity contribution in [3.05, 3.63) is 34.9 Å². The first-order valence-electron chi connectivity index (χ1n) is 10.7. The number of nitrogens with two attached hydrogens (primary N) is 1. The summed E-state index contributed by atoms with van der Waals surface area (Å²) < 4.78 is 0. The van der Waals surface area contributed by atoms with Crippen LogP contribution in [0, 0.1) is 11.3 Å². The lowest BCUT2D eigenvalue weighted by Gasteiger charge is -2.44. The number of hydrogen-bond acceptors (Lipinski definition) is 6. The molecule has 0 radical (unpaired) electrons. The third-order valence-corrected chi connectivity index (χ3v) is 7.46. The van der Waals surface area contributed by atoms with E-state index in [4.69, 9.17) is 5.73 Å². The van der Waals surface area contributed by atoms with Gasteiger partial charge in [0.2, 0.25) is 11.8 Å². The molecule has 4 aliphatic rings. The first kappa shape index (κ1) is 19.4. The van der Waals surface area contributed by atoms with Crippen LogP contribution in [-0.4, -0.2) is 59.1 Å². The van der Waals surface area contributed by atoms with E-state index in [9.17, 15) is 19.2 Å². The monoisotopic (exact) mass is 410 g/mol. The van der Waals surface area contributed by atoms with Crippen LogP contribution in [0.4, 0.5) is 0 Å². The minimum atomic E-state index is -0.932. The van der Waals surface area contributed by atoms with Crippen LogP contribution in [-0.2, 0) is 16.1 Å². The van der Waals surface area contributed by atoms with Gasteiger partial charge in [-0.15, -0.1) is 0 Å². The fourth-order valence-electron chi connectivity index (χ4n) is 5.85. The van der Waals surface area contributed by atoms with E-state index in [0.717, 1.165) is 30.0 Å². The summed E-state index contributed by atoms with van der Waals surface area (Å²) in [6, 6.07) is 4.41. The number of nitrogens with zero attached hydrogens (tertiary/aromatic N) is 2. The Labute approximate surface area is 174 Å². The van der Waals surface area contributed by atoms with E-state index in [-0.39, 0.29) is 18.7 Å². The number of benzene rings is 1. The molecule has 1 aliphatic carbocycles. The Morgan fingerprint density at radius 2 is 1.97 bits per heavy atom. The minimum absolute atomic E-state index is 0.120. The van der Waals surface area contributed by atoms with Crippen molar-refractivity contribution in [3.63, 3.8) is 0 Å². The molecule has 8 heteroatoms. The van der Waals surface area contributed by atoms with Crippen LogP contribution in [0.5, 0.6) is 0 Å². The molecule has 0 bridgehead atoms. The van der Waals surface area contributed by atoms with Gasteiger partial charge >= 0.3 is 0 Å². The Kier molecular flexibility index (Phi) is 4.52. The summed E-state index contributed by atoms with van der Waals surface area (Å²) in [6.45, 7) is 3.26. The lowest BCUT2D eigenvalue weighted by atomic mass is 9.60. The summed E-state index contributed by atoms with van der Waals surface area (Å²) in [4.78, 5) is 53.4. The van der Waals surface area contributed by atoms with E-state index in [1.54, 1.807) is 12.1 Å². The van der Waals surface area contributed by atoms with Crippen molar-refractivity contribution in [2.75, 3.05) is 19.6 Å². The van der Waals surface area contributed by atoms with Gasteiger partial charge in [-0.2, -0.15) is 0 Å². The van der Waals surface area contributed by atoms with E-state index in [0.29, 0.717) is 35.5 Å². The number of rotatable bonds is 5. The molecule has 2 saturated heterocycles. The molecular weight excluding hydrogens is 384 g/mol. The Hall–Kier alpha value is -2.58. The third-order valence-electron chi connectivity index (χ3n) is 7.46. The molecule has 3 fully saturated rings. The lowest BCUT2D eigenvalue weighted by Crippen LogP contribution is -2.54. The smallest absolute Gasteiger partial charge is 0.262 e. The summed E-state index contributed by atoms with van der Waals surface area (Å²) in [5, 5.41) is 2.24. The predicted octanol–water partition coefficient (Wildman–Crippen LogP) is 0.649. The number of nitrogens with one attached hydrogen (secondary N) is 1. The molecule has 30 heavy (non-hydrogen) atoms. The minimum Gasteiger partial charge on any atom is -0.330 e. The van der Waals surface area contributed by atoms with Gasteiger partial charge in [0.25, 0.3) is 11.8 Å². The highest BCUT2D eigenvalue weighted by molar-refractivity contribution is 6.24. The number of piperidine rings is 1. The number of likely N-dealkylation sites (tertiary alicyclic amines) is 1. The number of carbonyl (C=O) groups is 4. The maximum absolute atomic E-state index is 13.2. The second kappa shape index (κ2) is 6.99. The number of amides is 4. The van der Waals surface area contributed by atoms with Gasteiger partial charge in [-0.05, 0) is 55.2 Å². The second-order valence-corrected chi connectivity index (χ2v) is 9.09. The quantitative estimate of drug-likeness (QED) is 0.689. The van der Waals surface area contributed by atoms with Gasteiger partial charge in [-0.1, -0.05) is 12.1 Å². The third kappa shape index (κ3) is 2.81. The van der Waals surface area contributed by atoms with E-state index < -0.39 is 23.8 Å². The van der Waals surface area contributed by atoms with Crippen LogP contribution in [0.25, 0.3) is 0 Å². The van der Waals surface area contributed by atoms with Crippen molar-refractivity contribution >= 4 is 23.6 Å². The van der Waals surface area contributed by atoms with Gasteiger partial charge in [0.05, 0.1) is 11.1 Å². The highest BCUT2D eigenvalue weighted by atomic mass is 16.2. The number of fused-ring (bicyclic) bond motifs is 2. The first-order chi connectivity index (χ1) is 14.4. The molecule has 3 atom stereocenters. The van der Waals surface area contributed by atoms with Gasteiger partial charge < -0.3 is 5.73 Å². The van der Waals surface area contributed by atoms with E-state index >= 15 is 0 Å².